The summed E-state index contributed by atoms with van der Waals surface area (Å²) >= 11 is 3.33. The third-order valence-electron chi connectivity index (χ3n) is 1.83. The molecule has 1 unspecified atom stereocenters. The molecule has 0 aromatic carbocycles. The lowest BCUT2D eigenvalue weighted by molar-refractivity contribution is 0.291. The number of hydrogen-bond donors (Lipinski definition) is 1. The van der Waals surface area contributed by atoms with Crippen LogP contribution in [-0.4, -0.2) is 16.5 Å². The van der Waals surface area contributed by atoms with Gasteiger partial charge in [0.15, 0.2) is 0 Å². The van der Waals surface area contributed by atoms with Crippen molar-refractivity contribution in [3.05, 3.63) is 12.7 Å². The van der Waals surface area contributed by atoms with Gasteiger partial charge in [-0.1, -0.05) is 61.5 Å². The number of hydrogen-bond acceptors (Lipinski definition) is 1. The minimum Gasteiger partial charge on any atom is -0.395 e. The van der Waals surface area contributed by atoms with Crippen LogP contribution in [0.25, 0.3) is 0 Å². The van der Waals surface area contributed by atoms with E-state index >= 15 is 0 Å². The molecule has 1 atom stereocenters. The molecule has 14 heavy (non-hydrogen) atoms. The molecule has 0 rings (SSSR count). The van der Waals surface area contributed by atoms with Gasteiger partial charge in [-0.2, -0.15) is 0 Å². The average Bonchev–Trinajstić information content (AvgIpc) is 2.23. The van der Waals surface area contributed by atoms with Crippen LogP contribution in [-0.2, 0) is 0 Å². The molecule has 0 aromatic rings. The van der Waals surface area contributed by atoms with Crippen molar-refractivity contribution < 1.29 is 5.11 Å². The van der Waals surface area contributed by atoms with Gasteiger partial charge in [-0.3, -0.25) is 0 Å². The SMILES string of the molecule is C=CCCCC.CCCCC(Br)CO. The number of rotatable bonds is 7. The van der Waals surface area contributed by atoms with Crippen molar-refractivity contribution in [2.75, 3.05) is 6.61 Å². The number of aliphatic hydroxyl groups is 1. The van der Waals surface area contributed by atoms with Crippen LogP contribution in [0.5, 0.6) is 0 Å². The number of unbranched alkanes of at least 4 members (excludes halogenated alkanes) is 3. The van der Waals surface area contributed by atoms with Gasteiger partial charge in [0, 0.05) is 4.83 Å². The summed E-state index contributed by atoms with van der Waals surface area (Å²) in [5, 5.41) is 8.51. The van der Waals surface area contributed by atoms with E-state index in [0.29, 0.717) is 4.83 Å². The molecule has 2 heteroatoms. The van der Waals surface area contributed by atoms with E-state index in [2.05, 4.69) is 36.4 Å². The molecule has 0 aromatic heterocycles. The van der Waals surface area contributed by atoms with E-state index in [1.807, 2.05) is 6.08 Å². The lowest BCUT2D eigenvalue weighted by Crippen LogP contribution is -2.02. The Hall–Kier alpha value is 0.180. The van der Waals surface area contributed by atoms with Gasteiger partial charge in [0.1, 0.15) is 0 Å². The fourth-order valence-corrected chi connectivity index (χ4v) is 1.19. The van der Waals surface area contributed by atoms with Gasteiger partial charge in [0.25, 0.3) is 0 Å². The maximum absolute atomic E-state index is 8.51. The van der Waals surface area contributed by atoms with E-state index in [4.69, 9.17) is 5.11 Å². The monoisotopic (exact) mass is 264 g/mol. The smallest absolute Gasteiger partial charge is 0.0556 e. The highest BCUT2D eigenvalue weighted by Crippen LogP contribution is 2.07. The van der Waals surface area contributed by atoms with Crippen molar-refractivity contribution in [3.63, 3.8) is 0 Å². The molecule has 0 amide bonds. The van der Waals surface area contributed by atoms with Crippen molar-refractivity contribution in [3.8, 4) is 0 Å². The van der Waals surface area contributed by atoms with Gasteiger partial charge in [-0.05, 0) is 12.8 Å². The van der Waals surface area contributed by atoms with E-state index < -0.39 is 0 Å². The Kier molecular flexibility index (Phi) is 18.6. The molecule has 0 fully saturated rings. The zero-order chi connectivity index (χ0) is 11.2. The quantitative estimate of drug-likeness (QED) is 0.413. The molecule has 0 aliphatic carbocycles. The van der Waals surface area contributed by atoms with Crippen LogP contribution in [0.4, 0.5) is 0 Å². The van der Waals surface area contributed by atoms with Crippen LogP contribution in [0.1, 0.15) is 52.4 Å². The molecule has 0 aliphatic rings. The van der Waals surface area contributed by atoms with Gasteiger partial charge in [-0.15, -0.1) is 6.58 Å². The lowest BCUT2D eigenvalue weighted by atomic mass is 10.2. The summed E-state index contributed by atoms with van der Waals surface area (Å²) in [4.78, 5) is 0.322. The van der Waals surface area contributed by atoms with Crippen LogP contribution in [0.2, 0.25) is 0 Å². The average molecular weight is 265 g/mol. The molecule has 0 radical (unpaired) electrons. The molecule has 1 N–H and O–H groups in total. The van der Waals surface area contributed by atoms with Gasteiger partial charge in [0.2, 0.25) is 0 Å². The molecule has 0 aliphatic heterocycles. The maximum Gasteiger partial charge on any atom is 0.0556 e. The molecule has 86 valence electrons. The first-order chi connectivity index (χ1) is 6.72. The Morgan fingerprint density at radius 2 is 1.86 bits per heavy atom. The predicted molar refractivity (Wildman–Crippen MR) is 69.0 cm³/mol. The van der Waals surface area contributed by atoms with Crippen LogP contribution in [0.3, 0.4) is 0 Å². The first kappa shape index (κ1) is 16.6. The second-order valence-corrected chi connectivity index (χ2v) is 4.65. The molecule has 1 nitrogen and oxygen atoms in total. The van der Waals surface area contributed by atoms with E-state index in [0.717, 1.165) is 6.42 Å². The summed E-state index contributed by atoms with van der Waals surface area (Å²) in [6.07, 6.45) is 9.22. The summed E-state index contributed by atoms with van der Waals surface area (Å²) in [6, 6.07) is 0. The standard InChI is InChI=1S/C6H13BrO.C6H12/c1-2-3-4-6(7)5-8;1-3-5-6-4-2/h6,8H,2-5H2,1H3;3H,1,4-6H2,2H3. The number of allylic oxidation sites excluding steroid dienone is 1. The first-order valence-corrected chi connectivity index (χ1v) is 6.50. The van der Waals surface area contributed by atoms with Crippen molar-refractivity contribution >= 4 is 15.9 Å². The molecule has 0 heterocycles. The highest BCUT2D eigenvalue weighted by molar-refractivity contribution is 9.09. The summed E-state index contributed by atoms with van der Waals surface area (Å²) in [7, 11) is 0. The van der Waals surface area contributed by atoms with Gasteiger partial charge < -0.3 is 5.11 Å². The van der Waals surface area contributed by atoms with Crippen LogP contribution in [0, 0.1) is 0 Å². The van der Waals surface area contributed by atoms with E-state index in [1.165, 1.54) is 32.1 Å². The minimum absolute atomic E-state index is 0.264. The summed E-state index contributed by atoms with van der Waals surface area (Å²) < 4.78 is 0. The van der Waals surface area contributed by atoms with E-state index in [-0.39, 0.29) is 6.61 Å². The Labute approximate surface area is 97.7 Å². The maximum atomic E-state index is 8.51. The third-order valence-corrected chi connectivity index (χ3v) is 2.58. The molecular formula is C12H25BrO. The third kappa shape index (κ3) is 18.1. The molecular weight excluding hydrogens is 240 g/mol. The molecule has 0 saturated carbocycles. The van der Waals surface area contributed by atoms with Crippen molar-refractivity contribution in [1.82, 2.24) is 0 Å². The fraction of sp³-hybridized carbons (Fsp3) is 0.833. The van der Waals surface area contributed by atoms with Crippen LogP contribution in [0.15, 0.2) is 12.7 Å². The Morgan fingerprint density at radius 1 is 1.29 bits per heavy atom. The second kappa shape index (κ2) is 15.6. The number of aliphatic hydroxyl groups excluding tert-OH is 1. The zero-order valence-corrected chi connectivity index (χ0v) is 11.2. The Morgan fingerprint density at radius 3 is 2.14 bits per heavy atom. The van der Waals surface area contributed by atoms with Crippen LogP contribution >= 0.6 is 15.9 Å². The van der Waals surface area contributed by atoms with Crippen molar-refractivity contribution in [2.45, 2.75) is 57.2 Å². The Balaban J connectivity index is 0. The first-order valence-electron chi connectivity index (χ1n) is 5.58. The largest absolute Gasteiger partial charge is 0.395 e. The fourth-order valence-electron chi connectivity index (χ4n) is 0.865. The highest BCUT2D eigenvalue weighted by Gasteiger charge is 1.98. The normalized spacial score (nSPS) is 11.4. The van der Waals surface area contributed by atoms with E-state index in [9.17, 15) is 0 Å². The highest BCUT2D eigenvalue weighted by atomic mass is 79.9. The molecule has 0 saturated heterocycles. The Bertz CT molecular complexity index is 104. The minimum atomic E-state index is 0.264. The summed E-state index contributed by atoms with van der Waals surface area (Å²) in [5.41, 5.74) is 0. The van der Waals surface area contributed by atoms with Gasteiger partial charge >= 0.3 is 0 Å². The van der Waals surface area contributed by atoms with Crippen LogP contribution < -0.4 is 0 Å². The van der Waals surface area contributed by atoms with Crippen molar-refractivity contribution in [1.29, 1.82) is 0 Å². The zero-order valence-electron chi connectivity index (χ0n) is 9.64. The summed E-state index contributed by atoms with van der Waals surface area (Å²) in [5.74, 6) is 0. The van der Waals surface area contributed by atoms with E-state index in [1.54, 1.807) is 0 Å². The number of halogens is 1. The van der Waals surface area contributed by atoms with Gasteiger partial charge in [0.05, 0.1) is 6.61 Å². The number of alkyl halides is 1. The summed E-state index contributed by atoms with van der Waals surface area (Å²) in [6.45, 7) is 8.20. The second-order valence-electron chi connectivity index (χ2n) is 3.35. The topological polar surface area (TPSA) is 20.2 Å². The predicted octanol–water partition coefficient (Wildman–Crippen LogP) is 4.30. The van der Waals surface area contributed by atoms with Gasteiger partial charge in [-0.25, -0.2) is 0 Å². The lowest BCUT2D eigenvalue weighted by Gasteiger charge is -2.01. The molecule has 0 bridgehead atoms. The molecule has 0 spiro atoms. The van der Waals surface area contributed by atoms with Crippen molar-refractivity contribution in [2.24, 2.45) is 0 Å².